The number of rotatable bonds is 18. The van der Waals surface area contributed by atoms with Crippen LogP contribution >= 0.6 is 0 Å². The van der Waals surface area contributed by atoms with Crippen molar-refractivity contribution < 1.29 is 96.4 Å². The molecule has 0 aromatic heterocycles. The van der Waals surface area contributed by atoms with E-state index >= 15 is 0 Å². The van der Waals surface area contributed by atoms with Crippen LogP contribution in [0.3, 0.4) is 0 Å². The summed E-state index contributed by atoms with van der Waals surface area (Å²) in [7, 11) is -1.05. The summed E-state index contributed by atoms with van der Waals surface area (Å²) in [6, 6.07) is -5.25. The molecule has 136 heavy (non-hydrogen) atoms. The van der Waals surface area contributed by atoms with Gasteiger partial charge in [-0.3, -0.25) is 43.2 Å². The number of carbonyl (C=O) groups is 9. The molecule has 8 N–H and O–H groups in total. The lowest BCUT2D eigenvalue weighted by molar-refractivity contribution is -0.800. The monoisotopic (exact) mass is 1880 g/mol. The molecule has 0 spiro atoms. The zero-order valence-electron chi connectivity index (χ0n) is 78.0. The molecule has 0 bridgehead atoms. The molecule has 6 rings (SSSR count). The lowest BCUT2D eigenvalue weighted by atomic mass is 9.85. The number of nitrogens with zero attached hydrogens (tertiary/aromatic N) is 5. The highest BCUT2D eigenvalue weighted by Gasteiger charge is 2.71. The van der Waals surface area contributed by atoms with Gasteiger partial charge in [0.05, 0.1) is 31.3 Å². The van der Waals surface area contributed by atoms with E-state index in [0.29, 0.717) is 45.6 Å². The normalized spacial score (nSPS) is 18.3. The zero-order valence-corrected chi connectivity index (χ0v) is 78.8. The third kappa shape index (κ3) is 39.7. The smallest absolute Gasteiger partial charge is 0.471 e. The van der Waals surface area contributed by atoms with Crippen molar-refractivity contribution in [2.45, 2.75) is 205 Å². The SMILES string of the molecule is C.C#CC#CC#CC#CC#CC#CC#CC#CC#CC#CC#CC#CC#CC#CC#CC#CC#CC#CC#CC#CC#CC.CC(C)(C)[C@H](NC(=O)C(F)(F)F)C(=O)N1C[C@H]2[C@@H]([C@H]1C(=O)N[C@@H](C[C@@H]1CCNC1=O)C(N)=O)C2(C)C.CC(C)(C)[C@H](NC(=O)C(F)(F)F)C(=O)N1C[C@H]2[C@@H]([C@H]1C(=O)N[C@H](C#N)C[C@@H]1CCNC1=O)C2(C)C.CC[N+](CC)(CC)S(=O)(=O)N=C([O-])OC.COC(C)(C)C. The molecule has 4 heterocycles. The third-order valence-electron chi connectivity index (χ3n) is 21.1. The second-order valence-corrected chi connectivity index (χ2v) is 35.5. The van der Waals surface area contributed by atoms with Gasteiger partial charge in [0.2, 0.25) is 41.4 Å². The Kier molecular flexibility index (Phi) is 48.8. The Hall–Kier alpha value is -15.8. The molecule has 0 aromatic rings. The standard InChI is InChI=1S/C43H4.C23H34F3N5O5.C23H32F3N5O4.C8H18N2O4S.C5H12O.CH4/c1-3-5-7-9-11-13-15-17-19-21-23-25-27-29-31-33-35-37-39-41-43-42-40-38-36-34-32-30-28-26-24-22-20-18-16-14-12-10-8-6-4-2;1-21(2,3)15(30-20(36)23(24,25)26)19(35)31-9-11-13(22(11,4)5)14(31)18(34)29-12(16(27)32)8-10-6-7-28-17(10)33;1-21(2,3)16(30-20(35)23(24,25)26)19(34)31-10-13-14(22(13,4)5)15(31)18(33)29-12(9-27)8-11-6-7-28-17(11)32;1-5-10(6-2,7-3)15(12,13)9-8(11)14-4;1-5(2,3)6-4;/h1H,2H3;10-15H,6-9H2,1-5H3,(H2,27,32)(H,28,33)(H,29,34)(H,30,36);11-16H,6-8,10H2,1-5H3,(H,28,32)(H,29,33)(H,30,35);5-7H2,1-4H3;1-4H3;1H4/t;10-,11-,12-,13-,14-,15+;11-,12-,13-,14-,15-,16+;;;/m.00.../s1. The minimum atomic E-state index is -5.18. The highest BCUT2D eigenvalue weighted by molar-refractivity contribution is 7.84. The van der Waals surface area contributed by atoms with E-state index in [1.165, 1.54) is 51.3 Å². The number of terminal acetylenes is 1. The van der Waals surface area contributed by atoms with Crippen LogP contribution in [0, 0.1) is 318 Å². The van der Waals surface area contributed by atoms with Crippen LogP contribution in [0.25, 0.3) is 0 Å². The van der Waals surface area contributed by atoms with Crippen LogP contribution in [0.2, 0.25) is 0 Å². The van der Waals surface area contributed by atoms with E-state index in [9.17, 15) is 88.3 Å². The van der Waals surface area contributed by atoms with Gasteiger partial charge in [0, 0.05) is 187 Å². The Morgan fingerprint density at radius 2 is 0.801 bits per heavy atom. The van der Waals surface area contributed by atoms with Crippen LogP contribution in [-0.4, -0.2) is 196 Å². The largest absolute Gasteiger partial charge is 0.603 e. The minimum Gasteiger partial charge on any atom is -0.603 e. The number of alkyl halides is 6. The lowest BCUT2D eigenvalue weighted by Crippen LogP contribution is -2.61. The molecule has 0 aromatic carbocycles. The highest BCUT2D eigenvalue weighted by Crippen LogP contribution is 2.66. The van der Waals surface area contributed by atoms with Gasteiger partial charge < -0.3 is 62.0 Å². The van der Waals surface area contributed by atoms with Gasteiger partial charge in [0.15, 0.2) is 6.08 Å². The van der Waals surface area contributed by atoms with Crippen LogP contribution in [0.1, 0.15) is 151 Å². The molecule has 0 unspecified atom stereocenters. The number of likely N-dealkylation sites (tertiary alicyclic amines) is 2. The first-order valence-corrected chi connectivity index (χ1v) is 42.7. The number of methoxy groups -OCH3 is 2. The fourth-order valence-corrected chi connectivity index (χ4v) is 14.9. The first-order valence-electron chi connectivity index (χ1n) is 41.3. The average Bonchev–Trinajstić information content (AvgIpc) is 1.53. The van der Waals surface area contributed by atoms with Crippen LogP contribution in [-0.2, 0) is 62.8 Å². The molecule has 12 atom stereocenters. The first-order chi connectivity index (χ1) is 63.2. The predicted octanol–water partition coefficient (Wildman–Crippen LogP) is 3.40. The fraction of sp³-hybridized carbons (Fsp3) is 0.485. The van der Waals surface area contributed by atoms with Crippen molar-refractivity contribution in [2.24, 2.45) is 67.3 Å². The molecule has 9 amide bonds. The van der Waals surface area contributed by atoms with Crippen LogP contribution in [0.4, 0.5) is 26.3 Å². The molecular weight excluding hydrogens is 1780 g/mol. The van der Waals surface area contributed by atoms with Gasteiger partial charge >= 0.3 is 34.4 Å². The van der Waals surface area contributed by atoms with E-state index in [1.54, 1.807) is 45.4 Å². The number of primary amides is 1. The van der Waals surface area contributed by atoms with Crippen molar-refractivity contribution >= 4 is 69.5 Å². The third-order valence-corrected chi connectivity index (χ3v) is 23.2. The van der Waals surface area contributed by atoms with E-state index in [4.69, 9.17) is 16.9 Å². The van der Waals surface area contributed by atoms with Gasteiger partial charge in [-0.05, 0) is 221 Å². The second kappa shape index (κ2) is 56.2. The van der Waals surface area contributed by atoms with Gasteiger partial charge in [-0.25, -0.2) is 0 Å². The number of nitrogens with one attached hydrogen (secondary N) is 6. The first kappa shape index (κ1) is 118. The average molecular weight is 1880 g/mol. The maximum Gasteiger partial charge on any atom is 0.471 e. The Labute approximate surface area is 796 Å². The van der Waals surface area contributed by atoms with Crippen molar-refractivity contribution in [3.05, 3.63) is 0 Å². The topological polar surface area (TPSA) is 370 Å². The molecule has 6 aliphatic rings. The number of amides is 9. The molecule has 0 radical (unpaired) electrons. The maximum atomic E-state index is 13.5. The molecule has 4 aliphatic heterocycles. The molecule has 708 valence electrons. The molecular formula is C103H104F6N12O14S. The number of carbonyl (C=O) groups excluding carboxylic acids is 9. The number of piperidine rings is 2. The van der Waals surface area contributed by atoms with E-state index in [0.717, 1.165) is 7.11 Å². The fourth-order valence-electron chi connectivity index (χ4n) is 13.5. The van der Waals surface area contributed by atoms with Crippen molar-refractivity contribution in [2.75, 3.05) is 60.0 Å². The Bertz CT molecular complexity index is 6190. The zero-order chi connectivity index (χ0) is 102. The van der Waals surface area contributed by atoms with Crippen LogP contribution in [0.15, 0.2) is 4.40 Å². The van der Waals surface area contributed by atoms with Gasteiger partial charge in [0.25, 0.3) is 0 Å². The van der Waals surface area contributed by atoms with Gasteiger partial charge in [-0.2, -0.15) is 35.5 Å². The van der Waals surface area contributed by atoms with Gasteiger partial charge in [-0.15, -0.1) is 14.8 Å². The second-order valence-electron chi connectivity index (χ2n) is 33.6. The number of halogens is 6. The highest BCUT2D eigenvalue weighted by atomic mass is 32.2. The Morgan fingerprint density at radius 1 is 0.522 bits per heavy atom. The Balaban J connectivity index is 0.000000919. The summed E-state index contributed by atoms with van der Waals surface area (Å²) < 4.78 is 113. The van der Waals surface area contributed by atoms with E-state index in [2.05, 4.69) is 273 Å². The number of quaternary nitrogens is 1. The van der Waals surface area contributed by atoms with E-state index in [-0.39, 0.29) is 89.2 Å². The molecule has 2 saturated carbocycles. The molecule has 4 saturated heterocycles. The maximum absolute atomic E-state index is 13.5. The predicted molar refractivity (Wildman–Crippen MR) is 496 cm³/mol. The summed E-state index contributed by atoms with van der Waals surface area (Å²) in [6.07, 6.45) is -5.34. The molecule has 26 nitrogen and oxygen atoms in total. The molecule has 2 aliphatic carbocycles. The van der Waals surface area contributed by atoms with Crippen molar-refractivity contribution in [3.63, 3.8) is 0 Å². The van der Waals surface area contributed by atoms with Crippen LogP contribution < -0.4 is 42.7 Å². The number of ether oxygens (including phenoxy) is 2. The minimum absolute atomic E-state index is 0. The van der Waals surface area contributed by atoms with Crippen LogP contribution in [0.5, 0.6) is 0 Å². The van der Waals surface area contributed by atoms with E-state index in [1.807, 2.05) is 54.5 Å². The quantitative estimate of drug-likeness (QED) is 0.0340. The summed E-state index contributed by atoms with van der Waals surface area (Å²) in [4.78, 5) is 115. The molecule has 6 fully saturated rings. The van der Waals surface area contributed by atoms with E-state index < -0.39 is 129 Å². The van der Waals surface area contributed by atoms with Crippen molar-refractivity contribution in [1.29, 1.82) is 5.26 Å². The number of fused-ring (bicyclic) bond motifs is 2. The number of nitrogens with two attached hydrogens (primary N) is 1. The van der Waals surface area contributed by atoms with Gasteiger partial charge in [-0.1, -0.05) is 87.0 Å². The summed E-state index contributed by atoms with van der Waals surface area (Å²) in [6.45, 7) is 32.2. The molecule has 33 heteroatoms. The number of hydrogen-bond acceptors (Lipinski definition) is 15. The van der Waals surface area contributed by atoms with Gasteiger partial charge in [0.1, 0.15) is 36.3 Å². The summed E-state index contributed by atoms with van der Waals surface area (Å²) in [5.74, 6) is 91.7. The van der Waals surface area contributed by atoms with Crippen molar-refractivity contribution in [1.82, 2.24) is 41.7 Å². The number of nitriles is 1. The van der Waals surface area contributed by atoms with Crippen molar-refractivity contribution in [3.8, 4) is 255 Å². The summed E-state index contributed by atoms with van der Waals surface area (Å²) in [5, 5.41) is 34.5. The summed E-state index contributed by atoms with van der Waals surface area (Å²) in [5.41, 5.74) is 2.80. The number of hydrogen-bond donors (Lipinski definition) is 7. The lowest BCUT2D eigenvalue weighted by Gasteiger charge is -2.38. The summed E-state index contributed by atoms with van der Waals surface area (Å²) >= 11 is 0. The Morgan fingerprint density at radius 3 is 1.03 bits per heavy atom.